The summed E-state index contributed by atoms with van der Waals surface area (Å²) in [7, 11) is 0. The monoisotopic (exact) mass is 376 g/mol. The highest BCUT2D eigenvalue weighted by molar-refractivity contribution is 5.72. The molecule has 0 saturated heterocycles. The first-order valence-corrected chi connectivity index (χ1v) is 10.6. The van der Waals surface area contributed by atoms with Crippen molar-refractivity contribution >= 4 is 11.9 Å². The van der Waals surface area contributed by atoms with Gasteiger partial charge in [0, 0.05) is 12.8 Å². The van der Waals surface area contributed by atoms with Gasteiger partial charge in [0.05, 0.1) is 6.61 Å². The van der Waals surface area contributed by atoms with Gasteiger partial charge in [-0.25, -0.2) is 0 Å². The van der Waals surface area contributed by atoms with Crippen LogP contribution in [0.1, 0.15) is 90.0 Å². The van der Waals surface area contributed by atoms with E-state index in [0.717, 1.165) is 69.8 Å². The summed E-state index contributed by atoms with van der Waals surface area (Å²) in [4.78, 5) is 23.5. The standard InChI is InChI=1S/C23H36O4/c1-3-5-19-26-22(24)17-10-8-6-7-9-11-18-23(25)27-21-16-13-12-15-20(21)14-4-2/h12-13,15-16H,3-11,14,17-19H2,1-2H3. The lowest BCUT2D eigenvalue weighted by Crippen LogP contribution is -2.09. The molecule has 0 bridgehead atoms. The maximum Gasteiger partial charge on any atom is 0.311 e. The lowest BCUT2D eigenvalue weighted by atomic mass is 10.1. The molecule has 1 aromatic carbocycles. The summed E-state index contributed by atoms with van der Waals surface area (Å²) in [6, 6.07) is 7.77. The highest BCUT2D eigenvalue weighted by Gasteiger charge is 2.08. The van der Waals surface area contributed by atoms with Crippen molar-refractivity contribution < 1.29 is 19.1 Å². The molecule has 0 aliphatic heterocycles. The molecule has 152 valence electrons. The molecular formula is C23H36O4. The third-order valence-electron chi connectivity index (χ3n) is 4.49. The smallest absolute Gasteiger partial charge is 0.311 e. The van der Waals surface area contributed by atoms with Gasteiger partial charge in [-0.2, -0.15) is 0 Å². The second kappa shape index (κ2) is 15.2. The number of hydrogen-bond acceptors (Lipinski definition) is 4. The molecule has 0 N–H and O–H groups in total. The predicted molar refractivity (Wildman–Crippen MR) is 109 cm³/mol. The molecule has 0 heterocycles. The third kappa shape index (κ3) is 11.5. The fourth-order valence-electron chi connectivity index (χ4n) is 2.90. The molecule has 0 saturated carbocycles. The average Bonchev–Trinajstić information content (AvgIpc) is 2.66. The summed E-state index contributed by atoms with van der Waals surface area (Å²) in [5, 5.41) is 0. The van der Waals surface area contributed by atoms with Crippen LogP contribution in [0.15, 0.2) is 24.3 Å². The fourth-order valence-corrected chi connectivity index (χ4v) is 2.90. The number of aryl methyl sites for hydroxylation is 1. The second-order valence-electron chi connectivity index (χ2n) is 7.03. The number of rotatable bonds is 15. The average molecular weight is 377 g/mol. The molecule has 27 heavy (non-hydrogen) atoms. The van der Waals surface area contributed by atoms with Crippen molar-refractivity contribution in [2.75, 3.05) is 6.61 Å². The van der Waals surface area contributed by atoms with Crippen molar-refractivity contribution in [1.82, 2.24) is 0 Å². The Bertz CT molecular complexity index is 539. The Balaban J connectivity index is 2.03. The zero-order valence-corrected chi connectivity index (χ0v) is 17.1. The van der Waals surface area contributed by atoms with E-state index in [1.54, 1.807) is 0 Å². The minimum absolute atomic E-state index is 0.0745. The van der Waals surface area contributed by atoms with Gasteiger partial charge in [-0.3, -0.25) is 9.59 Å². The number of hydrogen-bond donors (Lipinski definition) is 0. The molecule has 0 amide bonds. The van der Waals surface area contributed by atoms with Crippen LogP contribution in [0.25, 0.3) is 0 Å². The number of benzene rings is 1. The summed E-state index contributed by atoms with van der Waals surface area (Å²) < 4.78 is 10.7. The Kier molecular flexibility index (Phi) is 13.1. The molecule has 4 nitrogen and oxygen atoms in total. The molecule has 0 aliphatic rings. The van der Waals surface area contributed by atoms with Crippen molar-refractivity contribution in [1.29, 1.82) is 0 Å². The van der Waals surface area contributed by atoms with Crippen LogP contribution in [0.4, 0.5) is 0 Å². The topological polar surface area (TPSA) is 52.6 Å². The lowest BCUT2D eigenvalue weighted by Gasteiger charge is -2.09. The first kappa shape index (κ1) is 23.2. The van der Waals surface area contributed by atoms with Gasteiger partial charge >= 0.3 is 11.9 Å². The van der Waals surface area contributed by atoms with Crippen LogP contribution in [-0.4, -0.2) is 18.5 Å². The van der Waals surface area contributed by atoms with E-state index in [1.807, 2.05) is 24.3 Å². The van der Waals surface area contributed by atoms with Crippen LogP contribution in [0.3, 0.4) is 0 Å². The third-order valence-corrected chi connectivity index (χ3v) is 4.49. The van der Waals surface area contributed by atoms with E-state index >= 15 is 0 Å². The van der Waals surface area contributed by atoms with Gasteiger partial charge in [0.25, 0.3) is 0 Å². The van der Waals surface area contributed by atoms with Crippen molar-refractivity contribution in [3.05, 3.63) is 29.8 Å². The van der Waals surface area contributed by atoms with Crippen LogP contribution in [0.2, 0.25) is 0 Å². The molecule has 0 spiro atoms. The zero-order chi connectivity index (χ0) is 19.7. The lowest BCUT2D eigenvalue weighted by molar-refractivity contribution is -0.144. The number of esters is 2. The molecule has 0 atom stereocenters. The quantitative estimate of drug-likeness (QED) is 0.214. The van der Waals surface area contributed by atoms with Gasteiger partial charge in [0.2, 0.25) is 0 Å². The van der Waals surface area contributed by atoms with E-state index in [1.165, 1.54) is 0 Å². The largest absolute Gasteiger partial charge is 0.466 e. The Morgan fingerprint density at radius 3 is 2.07 bits per heavy atom. The highest BCUT2D eigenvalue weighted by Crippen LogP contribution is 2.20. The molecule has 0 aliphatic carbocycles. The Labute approximate surface area is 164 Å². The minimum Gasteiger partial charge on any atom is -0.466 e. The van der Waals surface area contributed by atoms with Crippen molar-refractivity contribution in [2.45, 2.75) is 90.9 Å². The van der Waals surface area contributed by atoms with Crippen LogP contribution in [0.5, 0.6) is 5.75 Å². The van der Waals surface area contributed by atoms with E-state index in [0.29, 0.717) is 25.2 Å². The number of unbranched alkanes of at least 4 members (excludes halogenated alkanes) is 6. The van der Waals surface area contributed by atoms with E-state index in [4.69, 9.17) is 9.47 Å². The first-order valence-electron chi connectivity index (χ1n) is 10.6. The molecule has 0 unspecified atom stereocenters. The molecular weight excluding hydrogens is 340 g/mol. The zero-order valence-electron chi connectivity index (χ0n) is 17.1. The van der Waals surface area contributed by atoms with Crippen molar-refractivity contribution in [3.63, 3.8) is 0 Å². The normalized spacial score (nSPS) is 10.6. The van der Waals surface area contributed by atoms with Gasteiger partial charge in [-0.05, 0) is 37.3 Å². The van der Waals surface area contributed by atoms with E-state index in [2.05, 4.69) is 13.8 Å². The Hall–Kier alpha value is -1.84. The van der Waals surface area contributed by atoms with Crippen molar-refractivity contribution in [3.8, 4) is 5.75 Å². The van der Waals surface area contributed by atoms with E-state index in [9.17, 15) is 9.59 Å². The SMILES string of the molecule is CCCCOC(=O)CCCCCCCCC(=O)Oc1ccccc1CCC. The summed E-state index contributed by atoms with van der Waals surface area (Å²) in [5.74, 6) is 0.484. The maximum absolute atomic E-state index is 12.0. The summed E-state index contributed by atoms with van der Waals surface area (Å²) in [5.41, 5.74) is 1.10. The number of carbonyl (C=O) groups is 2. The first-order chi connectivity index (χ1) is 13.2. The molecule has 0 radical (unpaired) electrons. The molecule has 4 heteroatoms. The van der Waals surface area contributed by atoms with E-state index in [-0.39, 0.29) is 11.9 Å². The number of ether oxygens (including phenoxy) is 2. The van der Waals surface area contributed by atoms with Crippen LogP contribution < -0.4 is 4.74 Å². The minimum atomic E-state index is -0.145. The number of para-hydroxylation sites is 1. The van der Waals surface area contributed by atoms with Crippen molar-refractivity contribution in [2.24, 2.45) is 0 Å². The number of carbonyl (C=O) groups excluding carboxylic acids is 2. The summed E-state index contributed by atoms with van der Waals surface area (Å²) in [6.45, 7) is 4.75. The van der Waals surface area contributed by atoms with E-state index < -0.39 is 0 Å². The van der Waals surface area contributed by atoms with Gasteiger partial charge in [0.15, 0.2) is 0 Å². The molecule has 0 aromatic heterocycles. The Morgan fingerprint density at radius 2 is 1.41 bits per heavy atom. The molecule has 1 aromatic rings. The van der Waals surface area contributed by atoms with Gasteiger partial charge in [0.1, 0.15) is 5.75 Å². The molecule has 1 rings (SSSR count). The second-order valence-corrected chi connectivity index (χ2v) is 7.03. The predicted octanol–water partition coefficient (Wildman–Crippen LogP) is 6.01. The summed E-state index contributed by atoms with van der Waals surface area (Å²) in [6.07, 6.45) is 10.9. The van der Waals surface area contributed by atoms with Crippen LogP contribution in [0, 0.1) is 0 Å². The molecule has 0 fully saturated rings. The highest BCUT2D eigenvalue weighted by atomic mass is 16.5. The Morgan fingerprint density at radius 1 is 0.778 bits per heavy atom. The summed E-state index contributed by atoms with van der Waals surface area (Å²) >= 11 is 0. The maximum atomic E-state index is 12.0. The van der Waals surface area contributed by atoms with Crippen LogP contribution >= 0.6 is 0 Å². The van der Waals surface area contributed by atoms with Crippen LogP contribution in [-0.2, 0) is 20.7 Å². The fraction of sp³-hybridized carbons (Fsp3) is 0.652. The van der Waals surface area contributed by atoms with Gasteiger partial charge in [-0.15, -0.1) is 0 Å². The van der Waals surface area contributed by atoms with Gasteiger partial charge in [-0.1, -0.05) is 70.6 Å². The van der Waals surface area contributed by atoms with Gasteiger partial charge < -0.3 is 9.47 Å².